The van der Waals surface area contributed by atoms with Crippen molar-refractivity contribution in [3.63, 3.8) is 0 Å². The Hall–Kier alpha value is -2.51. The average molecular weight is 382 g/mol. The number of hydrogen-bond acceptors (Lipinski definition) is 3. The van der Waals surface area contributed by atoms with Crippen LogP contribution in [0.15, 0.2) is 42.5 Å². The molecule has 5 heteroatoms. The molecule has 2 aromatic rings. The van der Waals surface area contributed by atoms with E-state index in [1.165, 1.54) is 5.56 Å². The Morgan fingerprint density at radius 3 is 2.56 bits per heavy atom. The highest BCUT2D eigenvalue weighted by Crippen LogP contribution is 2.29. The number of amides is 1. The standard InChI is InChI=1S/C22H24ClN3O/c1-14(2)16-4-6-17(7-5-16)22(27)25-19-10-15(3)26(13-19)20-9-8-18(12-24)21(23)11-20/h4-9,11,14-15,19H,10,13H2,1-3H3,(H,25,27)/t15-,19+/m0/s1. The summed E-state index contributed by atoms with van der Waals surface area (Å²) in [5, 5.41) is 12.6. The number of nitrogens with zero attached hydrogens (tertiary/aromatic N) is 2. The molecule has 1 fully saturated rings. The van der Waals surface area contributed by atoms with Crippen LogP contribution in [0.5, 0.6) is 0 Å². The van der Waals surface area contributed by atoms with Gasteiger partial charge >= 0.3 is 0 Å². The van der Waals surface area contributed by atoms with E-state index in [0.29, 0.717) is 22.1 Å². The summed E-state index contributed by atoms with van der Waals surface area (Å²) in [5.41, 5.74) is 3.36. The van der Waals surface area contributed by atoms with Crippen molar-refractivity contribution in [1.29, 1.82) is 5.26 Å². The van der Waals surface area contributed by atoms with Crippen LogP contribution in [0.2, 0.25) is 5.02 Å². The predicted molar refractivity (Wildman–Crippen MR) is 109 cm³/mol. The first-order valence-electron chi connectivity index (χ1n) is 9.26. The summed E-state index contributed by atoms with van der Waals surface area (Å²) in [5.74, 6) is 0.410. The number of rotatable bonds is 4. The Bertz CT molecular complexity index is 870. The van der Waals surface area contributed by atoms with Crippen LogP contribution in [-0.4, -0.2) is 24.5 Å². The maximum atomic E-state index is 12.6. The molecule has 4 nitrogen and oxygen atoms in total. The fraction of sp³-hybridized carbons (Fsp3) is 0.364. The average Bonchev–Trinajstić information content (AvgIpc) is 3.01. The van der Waals surface area contributed by atoms with Gasteiger partial charge in [-0.3, -0.25) is 4.79 Å². The number of carbonyl (C=O) groups is 1. The Kier molecular flexibility index (Phi) is 5.72. The normalized spacial score (nSPS) is 19.2. The van der Waals surface area contributed by atoms with Gasteiger partial charge in [0.2, 0.25) is 0 Å². The minimum atomic E-state index is -0.0396. The van der Waals surface area contributed by atoms with Gasteiger partial charge in [-0.1, -0.05) is 37.6 Å². The molecule has 1 heterocycles. The molecule has 1 amide bonds. The molecular weight excluding hydrogens is 358 g/mol. The second-order valence-electron chi connectivity index (χ2n) is 7.46. The molecule has 3 rings (SSSR count). The van der Waals surface area contributed by atoms with Crippen LogP contribution in [0.25, 0.3) is 0 Å². The van der Waals surface area contributed by atoms with Gasteiger partial charge < -0.3 is 10.2 Å². The molecule has 140 valence electrons. The fourth-order valence-corrected chi connectivity index (χ4v) is 3.77. The number of carbonyl (C=O) groups excluding carboxylic acids is 1. The highest BCUT2D eigenvalue weighted by Gasteiger charge is 2.30. The molecule has 0 spiro atoms. The lowest BCUT2D eigenvalue weighted by Crippen LogP contribution is -2.37. The van der Waals surface area contributed by atoms with Gasteiger partial charge in [-0.2, -0.15) is 5.26 Å². The first kappa shape index (κ1) is 19.3. The van der Waals surface area contributed by atoms with Gasteiger partial charge in [0.15, 0.2) is 0 Å². The van der Waals surface area contributed by atoms with Crippen molar-refractivity contribution in [3.8, 4) is 6.07 Å². The van der Waals surface area contributed by atoms with Gasteiger partial charge in [0, 0.05) is 29.9 Å². The van der Waals surface area contributed by atoms with Crippen LogP contribution < -0.4 is 10.2 Å². The Morgan fingerprint density at radius 1 is 1.26 bits per heavy atom. The molecule has 0 aliphatic carbocycles. The van der Waals surface area contributed by atoms with Crippen molar-refractivity contribution in [2.75, 3.05) is 11.4 Å². The summed E-state index contributed by atoms with van der Waals surface area (Å²) < 4.78 is 0. The van der Waals surface area contributed by atoms with Crippen LogP contribution in [0.1, 0.15) is 54.6 Å². The van der Waals surface area contributed by atoms with Crippen LogP contribution >= 0.6 is 11.6 Å². The summed E-state index contributed by atoms with van der Waals surface area (Å²) in [4.78, 5) is 14.8. The number of hydrogen-bond donors (Lipinski definition) is 1. The summed E-state index contributed by atoms with van der Waals surface area (Å²) in [6, 6.07) is 15.7. The summed E-state index contributed by atoms with van der Waals surface area (Å²) in [6.45, 7) is 7.13. The van der Waals surface area contributed by atoms with Crippen LogP contribution in [0, 0.1) is 11.3 Å². The van der Waals surface area contributed by atoms with Gasteiger partial charge in [-0.05, 0) is 55.2 Å². The third-order valence-electron chi connectivity index (χ3n) is 5.15. The third kappa shape index (κ3) is 4.26. The van der Waals surface area contributed by atoms with E-state index in [1.807, 2.05) is 36.4 Å². The zero-order valence-corrected chi connectivity index (χ0v) is 16.6. The van der Waals surface area contributed by atoms with Crippen molar-refractivity contribution in [2.24, 2.45) is 0 Å². The van der Waals surface area contributed by atoms with Crippen molar-refractivity contribution >= 4 is 23.2 Å². The minimum Gasteiger partial charge on any atom is -0.367 e. The lowest BCUT2D eigenvalue weighted by atomic mass is 10.0. The van der Waals surface area contributed by atoms with Crippen LogP contribution in [0.3, 0.4) is 0 Å². The topological polar surface area (TPSA) is 56.1 Å². The third-order valence-corrected chi connectivity index (χ3v) is 5.47. The second-order valence-corrected chi connectivity index (χ2v) is 7.87. The van der Waals surface area contributed by atoms with E-state index in [4.69, 9.17) is 16.9 Å². The zero-order chi connectivity index (χ0) is 19.6. The summed E-state index contributed by atoms with van der Waals surface area (Å²) in [6.07, 6.45) is 0.868. The molecule has 0 saturated carbocycles. The molecule has 0 bridgehead atoms. The number of nitrogens with one attached hydrogen (secondary N) is 1. The van der Waals surface area contributed by atoms with E-state index >= 15 is 0 Å². The van der Waals surface area contributed by atoms with Crippen molar-refractivity contribution in [3.05, 3.63) is 64.2 Å². The lowest BCUT2D eigenvalue weighted by Gasteiger charge is -2.24. The van der Waals surface area contributed by atoms with Gasteiger partial charge in [0.1, 0.15) is 6.07 Å². The van der Waals surface area contributed by atoms with Crippen LogP contribution in [0.4, 0.5) is 5.69 Å². The molecular formula is C22H24ClN3O. The maximum absolute atomic E-state index is 12.6. The van der Waals surface area contributed by atoms with Gasteiger partial charge in [0.05, 0.1) is 10.6 Å². The van der Waals surface area contributed by atoms with E-state index in [-0.39, 0.29) is 18.0 Å². The molecule has 1 saturated heterocycles. The first-order valence-corrected chi connectivity index (χ1v) is 9.64. The largest absolute Gasteiger partial charge is 0.367 e. The highest BCUT2D eigenvalue weighted by molar-refractivity contribution is 6.32. The number of benzene rings is 2. The molecule has 0 radical (unpaired) electrons. The molecule has 2 aromatic carbocycles. The molecule has 1 aliphatic rings. The monoisotopic (exact) mass is 381 g/mol. The van der Waals surface area contributed by atoms with Crippen molar-refractivity contribution in [2.45, 2.75) is 45.2 Å². The number of halogens is 1. The molecule has 1 aliphatic heterocycles. The zero-order valence-electron chi connectivity index (χ0n) is 15.9. The number of anilines is 1. The second kappa shape index (κ2) is 8.02. The van der Waals surface area contributed by atoms with Gasteiger partial charge in [-0.25, -0.2) is 0 Å². The highest BCUT2D eigenvalue weighted by atomic mass is 35.5. The summed E-state index contributed by atoms with van der Waals surface area (Å²) >= 11 is 6.17. The minimum absolute atomic E-state index is 0.0396. The van der Waals surface area contributed by atoms with E-state index in [2.05, 4.69) is 37.1 Å². The number of nitriles is 1. The van der Waals surface area contributed by atoms with E-state index in [1.54, 1.807) is 6.07 Å². The Morgan fingerprint density at radius 2 is 1.96 bits per heavy atom. The maximum Gasteiger partial charge on any atom is 0.251 e. The SMILES string of the molecule is CC(C)c1ccc(C(=O)N[C@@H]2C[C@H](C)N(c3ccc(C#N)c(Cl)c3)C2)cc1. The van der Waals surface area contributed by atoms with E-state index < -0.39 is 0 Å². The Labute approximate surface area is 165 Å². The van der Waals surface area contributed by atoms with Crippen molar-refractivity contribution < 1.29 is 4.79 Å². The van der Waals surface area contributed by atoms with Crippen molar-refractivity contribution in [1.82, 2.24) is 5.32 Å². The molecule has 1 N–H and O–H groups in total. The van der Waals surface area contributed by atoms with Gasteiger partial charge in [0.25, 0.3) is 5.91 Å². The Balaban J connectivity index is 1.66. The summed E-state index contributed by atoms with van der Waals surface area (Å²) in [7, 11) is 0. The predicted octanol–water partition coefficient (Wildman–Crippen LogP) is 4.73. The van der Waals surface area contributed by atoms with Gasteiger partial charge in [-0.15, -0.1) is 0 Å². The first-order chi connectivity index (χ1) is 12.9. The lowest BCUT2D eigenvalue weighted by molar-refractivity contribution is 0.0940. The molecule has 0 aromatic heterocycles. The molecule has 2 atom stereocenters. The fourth-order valence-electron chi connectivity index (χ4n) is 3.56. The van der Waals surface area contributed by atoms with Crippen LogP contribution in [-0.2, 0) is 0 Å². The smallest absolute Gasteiger partial charge is 0.251 e. The van der Waals surface area contributed by atoms with E-state index in [0.717, 1.165) is 18.7 Å². The molecule has 0 unspecified atom stereocenters. The quantitative estimate of drug-likeness (QED) is 0.832. The van der Waals surface area contributed by atoms with E-state index in [9.17, 15) is 4.79 Å². The molecule has 27 heavy (non-hydrogen) atoms.